The van der Waals surface area contributed by atoms with Crippen LogP contribution < -0.4 is 14.4 Å². The SMILES string of the molecule is CCCNC(=O)C(CC)N(Cc1ccc(OC)cc1)C(=O)CCCN(c1cccc(Cl)c1C)S(C)(=O)=O. The van der Waals surface area contributed by atoms with Crippen LogP contribution in [0.3, 0.4) is 0 Å². The van der Waals surface area contributed by atoms with Crippen molar-refractivity contribution < 1.29 is 22.7 Å². The van der Waals surface area contributed by atoms with Gasteiger partial charge in [0, 0.05) is 31.1 Å². The minimum absolute atomic E-state index is 0.0827. The normalized spacial score (nSPS) is 12.1. The van der Waals surface area contributed by atoms with Crippen LogP contribution >= 0.6 is 11.6 Å². The summed E-state index contributed by atoms with van der Waals surface area (Å²) in [6, 6.07) is 11.8. The molecule has 0 aliphatic carbocycles. The summed E-state index contributed by atoms with van der Waals surface area (Å²) in [5.41, 5.74) is 2.01. The number of carbonyl (C=O) groups is 2. The van der Waals surface area contributed by atoms with Gasteiger partial charge in [0.05, 0.1) is 19.1 Å². The molecule has 2 amide bonds. The van der Waals surface area contributed by atoms with E-state index in [0.29, 0.717) is 35.0 Å². The summed E-state index contributed by atoms with van der Waals surface area (Å²) in [4.78, 5) is 28.0. The highest BCUT2D eigenvalue weighted by molar-refractivity contribution is 7.92. The zero-order chi connectivity index (χ0) is 27.6. The molecular formula is C27H38ClN3O5S. The molecule has 0 spiro atoms. The number of rotatable bonds is 14. The van der Waals surface area contributed by atoms with E-state index in [1.54, 1.807) is 37.1 Å². The Bertz CT molecular complexity index is 1160. The maximum absolute atomic E-state index is 13.5. The summed E-state index contributed by atoms with van der Waals surface area (Å²) in [5.74, 6) is 0.288. The van der Waals surface area contributed by atoms with Crippen molar-refractivity contribution >= 4 is 39.1 Å². The number of halogens is 1. The highest BCUT2D eigenvalue weighted by Crippen LogP contribution is 2.28. The molecule has 2 aromatic carbocycles. The van der Waals surface area contributed by atoms with Crippen molar-refractivity contribution in [3.63, 3.8) is 0 Å². The first kappa shape index (κ1) is 30.4. The molecule has 0 fully saturated rings. The van der Waals surface area contributed by atoms with Crippen LogP contribution in [0.25, 0.3) is 0 Å². The fourth-order valence-corrected chi connectivity index (χ4v) is 5.25. The van der Waals surface area contributed by atoms with Crippen LogP contribution in [0.2, 0.25) is 5.02 Å². The molecule has 1 unspecified atom stereocenters. The third-order valence-corrected chi connectivity index (χ3v) is 7.70. The molecule has 1 N–H and O–H groups in total. The van der Waals surface area contributed by atoms with Gasteiger partial charge in [0.15, 0.2) is 0 Å². The predicted molar refractivity (Wildman–Crippen MR) is 149 cm³/mol. The smallest absolute Gasteiger partial charge is 0.242 e. The van der Waals surface area contributed by atoms with E-state index in [9.17, 15) is 18.0 Å². The topological polar surface area (TPSA) is 96.0 Å². The minimum atomic E-state index is -3.60. The van der Waals surface area contributed by atoms with Crippen LogP contribution in [0.1, 0.15) is 50.7 Å². The Morgan fingerprint density at radius 2 is 1.78 bits per heavy atom. The van der Waals surface area contributed by atoms with E-state index in [-0.39, 0.29) is 37.7 Å². The Balaban J connectivity index is 2.24. The van der Waals surface area contributed by atoms with Gasteiger partial charge in [-0.1, -0.05) is 43.6 Å². The average Bonchev–Trinajstić information content (AvgIpc) is 2.86. The zero-order valence-electron chi connectivity index (χ0n) is 22.3. The molecule has 204 valence electrons. The Morgan fingerprint density at radius 3 is 2.35 bits per heavy atom. The van der Waals surface area contributed by atoms with Crippen molar-refractivity contribution in [2.75, 3.05) is 30.8 Å². The molecule has 2 aromatic rings. The summed E-state index contributed by atoms with van der Waals surface area (Å²) in [7, 11) is -2.02. The lowest BCUT2D eigenvalue weighted by Gasteiger charge is -2.31. The first-order valence-electron chi connectivity index (χ1n) is 12.5. The monoisotopic (exact) mass is 551 g/mol. The fraction of sp³-hybridized carbons (Fsp3) is 0.481. The van der Waals surface area contributed by atoms with Gasteiger partial charge in [0.25, 0.3) is 0 Å². The molecule has 8 nitrogen and oxygen atoms in total. The lowest BCUT2D eigenvalue weighted by Crippen LogP contribution is -2.49. The van der Waals surface area contributed by atoms with E-state index in [2.05, 4.69) is 5.32 Å². The summed E-state index contributed by atoms with van der Waals surface area (Å²) in [6.07, 6.45) is 2.74. The molecule has 2 rings (SSSR count). The quantitative estimate of drug-likeness (QED) is 0.372. The number of hydrogen-bond acceptors (Lipinski definition) is 5. The molecule has 0 saturated carbocycles. The van der Waals surface area contributed by atoms with Crippen molar-refractivity contribution in [2.45, 2.75) is 59.0 Å². The van der Waals surface area contributed by atoms with Crippen molar-refractivity contribution in [3.05, 3.63) is 58.6 Å². The molecule has 0 aliphatic heterocycles. The second-order valence-corrected chi connectivity index (χ2v) is 11.2. The van der Waals surface area contributed by atoms with Gasteiger partial charge in [0.2, 0.25) is 21.8 Å². The number of carbonyl (C=O) groups excluding carboxylic acids is 2. The van der Waals surface area contributed by atoms with E-state index in [4.69, 9.17) is 16.3 Å². The number of amides is 2. The van der Waals surface area contributed by atoms with Crippen LogP contribution in [0, 0.1) is 6.92 Å². The van der Waals surface area contributed by atoms with Crippen molar-refractivity contribution in [3.8, 4) is 5.75 Å². The average molecular weight is 552 g/mol. The first-order valence-corrected chi connectivity index (χ1v) is 14.7. The standard InChI is InChI=1S/C27H38ClN3O5S/c1-6-17-29-27(33)24(7-2)30(19-21-13-15-22(36-4)16-14-21)26(32)12-9-18-31(37(5,34)35)25-11-8-10-23(28)20(25)3/h8,10-11,13-16,24H,6-7,9,12,17-19H2,1-5H3,(H,29,33). The number of methoxy groups -OCH3 is 1. The number of sulfonamides is 1. The van der Waals surface area contributed by atoms with E-state index in [1.165, 1.54) is 4.31 Å². The molecule has 0 saturated heterocycles. The van der Waals surface area contributed by atoms with E-state index >= 15 is 0 Å². The number of nitrogens with one attached hydrogen (secondary N) is 1. The van der Waals surface area contributed by atoms with Gasteiger partial charge in [0.1, 0.15) is 11.8 Å². The van der Waals surface area contributed by atoms with E-state index in [0.717, 1.165) is 18.2 Å². The van der Waals surface area contributed by atoms with Crippen molar-refractivity contribution in [1.29, 1.82) is 0 Å². The molecule has 0 aliphatic rings. The lowest BCUT2D eigenvalue weighted by molar-refractivity contribution is -0.141. The number of anilines is 1. The second kappa shape index (κ2) is 14.2. The highest BCUT2D eigenvalue weighted by atomic mass is 35.5. The first-order chi connectivity index (χ1) is 17.5. The van der Waals surface area contributed by atoms with Crippen LogP contribution in [0.4, 0.5) is 5.69 Å². The molecule has 0 heterocycles. The van der Waals surface area contributed by atoms with Gasteiger partial charge in [-0.2, -0.15) is 0 Å². The Kier molecular flexibility index (Phi) is 11.7. The van der Waals surface area contributed by atoms with Gasteiger partial charge in [-0.25, -0.2) is 8.42 Å². The summed E-state index contributed by atoms with van der Waals surface area (Å²) >= 11 is 6.22. The Labute approximate surface area is 226 Å². The van der Waals surface area contributed by atoms with Gasteiger partial charge >= 0.3 is 0 Å². The maximum atomic E-state index is 13.5. The number of nitrogens with zero attached hydrogens (tertiary/aromatic N) is 2. The third-order valence-electron chi connectivity index (χ3n) is 6.11. The zero-order valence-corrected chi connectivity index (χ0v) is 23.9. The predicted octanol–water partition coefficient (Wildman–Crippen LogP) is 4.54. The van der Waals surface area contributed by atoms with Gasteiger partial charge in [-0.15, -0.1) is 0 Å². The summed E-state index contributed by atoms with van der Waals surface area (Å²) in [5, 5.41) is 3.37. The Morgan fingerprint density at radius 1 is 1.11 bits per heavy atom. The highest BCUT2D eigenvalue weighted by Gasteiger charge is 2.29. The summed E-state index contributed by atoms with van der Waals surface area (Å²) in [6.45, 7) is 6.50. The van der Waals surface area contributed by atoms with Crippen LogP contribution in [-0.2, 0) is 26.2 Å². The molecule has 0 aromatic heterocycles. The Hall–Kier alpha value is -2.78. The van der Waals surface area contributed by atoms with Crippen LogP contribution in [0.5, 0.6) is 5.75 Å². The maximum Gasteiger partial charge on any atom is 0.242 e. The number of hydrogen-bond donors (Lipinski definition) is 1. The van der Waals surface area contributed by atoms with Gasteiger partial charge < -0.3 is 15.0 Å². The lowest BCUT2D eigenvalue weighted by atomic mass is 10.1. The van der Waals surface area contributed by atoms with Crippen LogP contribution in [-0.4, -0.2) is 57.6 Å². The van der Waals surface area contributed by atoms with Crippen molar-refractivity contribution in [2.24, 2.45) is 0 Å². The van der Waals surface area contributed by atoms with Gasteiger partial charge in [-0.05, 0) is 61.6 Å². The number of benzene rings is 2. The molecular weight excluding hydrogens is 514 g/mol. The second-order valence-electron chi connectivity index (χ2n) is 8.91. The number of ether oxygens (including phenoxy) is 1. The van der Waals surface area contributed by atoms with E-state index in [1.807, 2.05) is 38.1 Å². The van der Waals surface area contributed by atoms with E-state index < -0.39 is 16.1 Å². The molecule has 0 bridgehead atoms. The molecule has 10 heteroatoms. The molecule has 1 atom stereocenters. The van der Waals surface area contributed by atoms with Gasteiger partial charge in [-0.3, -0.25) is 13.9 Å². The third kappa shape index (κ3) is 8.64. The van der Waals surface area contributed by atoms with Crippen molar-refractivity contribution in [1.82, 2.24) is 10.2 Å². The minimum Gasteiger partial charge on any atom is -0.497 e. The molecule has 0 radical (unpaired) electrons. The fourth-order valence-electron chi connectivity index (χ4n) is 4.06. The van der Waals surface area contributed by atoms with Crippen LogP contribution in [0.15, 0.2) is 42.5 Å². The molecule has 37 heavy (non-hydrogen) atoms. The largest absolute Gasteiger partial charge is 0.497 e. The summed E-state index contributed by atoms with van der Waals surface area (Å²) < 4.78 is 31.6.